The van der Waals surface area contributed by atoms with Gasteiger partial charge in [-0.05, 0) is 38.0 Å². The van der Waals surface area contributed by atoms with Gasteiger partial charge < -0.3 is 5.32 Å². The van der Waals surface area contributed by atoms with Crippen LogP contribution in [-0.4, -0.2) is 22.5 Å². The number of aryl methyl sites for hydroxylation is 1. The number of benzene rings is 1. The van der Waals surface area contributed by atoms with Crippen molar-refractivity contribution in [2.45, 2.75) is 44.0 Å². The van der Waals surface area contributed by atoms with Crippen LogP contribution in [0.1, 0.15) is 30.4 Å². The molecular weight excluding hydrogens is 260 g/mol. The van der Waals surface area contributed by atoms with Crippen molar-refractivity contribution in [2.24, 2.45) is 0 Å². The van der Waals surface area contributed by atoms with Crippen LogP contribution in [0.5, 0.6) is 0 Å². The van der Waals surface area contributed by atoms with Gasteiger partial charge in [-0.25, -0.2) is 0 Å². The molecular formula is C14H20N2O2S. The number of nitrogens with one attached hydrogen (secondary N) is 1. The first-order chi connectivity index (χ1) is 9.10. The van der Waals surface area contributed by atoms with Gasteiger partial charge in [-0.3, -0.25) is 10.1 Å². The molecule has 1 saturated carbocycles. The van der Waals surface area contributed by atoms with Crippen molar-refractivity contribution < 1.29 is 4.92 Å². The number of rotatable bonds is 5. The first-order valence-corrected chi connectivity index (χ1v) is 7.89. The van der Waals surface area contributed by atoms with Gasteiger partial charge in [0.2, 0.25) is 0 Å². The van der Waals surface area contributed by atoms with Crippen LogP contribution in [0.2, 0.25) is 0 Å². The normalized spacial score (nSPS) is 22.6. The van der Waals surface area contributed by atoms with Crippen LogP contribution in [-0.2, 0) is 6.54 Å². The molecule has 19 heavy (non-hydrogen) atoms. The fourth-order valence-electron chi connectivity index (χ4n) is 2.56. The Kier molecular flexibility index (Phi) is 4.82. The third kappa shape index (κ3) is 3.70. The molecule has 0 saturated heterocycles. The molecule has 1 aromatic carbocycles. The van der Waals surface area contributed by atoms with Crippen LogP contribution in [0, 0.1) is 17.0 Å². The minimum Gasteiger partial charge on any atom is -0.310 e. The molecule has 0 aromatic heterocycles. The minimum atomic E-state index is -0.307. The summed E-state index contributed by atoms with van der Waals surface area (Å²) < 4.78 is 0. The number of nitrogens with zero attached hydrogens (tertiary/aromatic N) is 1. The second-order valence-corrected chi connectivity index (χ2v) is 6.26. The predicted molar refractivity (Wildman–Crippen MR) is 79.6 cm³/mol. The maximum absolute atomic E-state index is 10.9. The first kappa shape index (κ1) is 14.3. The zero-order valence-corrected chi connectivity index (χ0v) is 12.2. The number of nitro benzene ring substituents is 1. The van der Waals surface area contributed by atoms with Crippen LogP contribution >= 0.6 is 11.8 Å². The molecule has 0 aliphatic heterocycles. The highest BCUT2D eigenvalue weighted by atomic mass is 32.2. The maximum atomic E-state index is 10.9. The fraction of sp³-hybridized carbons (Fsp3) is 0.571. The molecule has 1 N–H and O–H groups in total. The summed E-state index contributed by atoms with van der Waals surface area (Å²) in [6.07, 6.45) is 5.85. The summed E-state index contributed by atoms with van der Waals surface area (Å²) in [7, 11) is 0. The molecule has 104 valence electrons. The second kappa shape index (κ2) is 6.39. The van der Waals surface area contributed by atoms with Gasteiger partial charge >= 0.3 is 0 Å². The van der Waals surface area contributed by atoms with E-state index in [-0.39, 0.29) is 10.6 Å². The van der Waals surface area contributed by atoms with Crippen molar-refractivity contribution in [3.8, 4) is 0 Å². The van der Waals surface area contributed by atoms with E-state index in [2.05, 4.69) is 11.6 Å². The van der Waals surface area contributed by atoms with E-state index in [0.717, 1.165) is 16.4 Å². The third-order valence-corrected chi connectivity index (χ3v) is 4.88. The van der Waals surface area contributed by atoms with Crippen LogP contribution in [0.25, 0.3) is 0 Å². The Bertz CT molecular complexity index is 465. The lowest BCUT2D eigenvalue weighted by atomic mass is 10.1. The Hall–Kier alpha value is -1.07. The summed E-state index contributed by atoms with van der Waals surface area (Å²) in [6, 6.07) is 6.03. The average molecular weight is 280 g/mol. The van der Waals surface area contributed by atoms with Gasteiger partial charge in [-0.2, -0.15) is 11.8 Å². The van der Waals surface area contributed by atoms with Gasteiger partial charge in [0.05, 0.1) is 4.92 Å². The molecule has 4 nitrogen and oxygen atoms in total. The Morgan fingerprint density at radius 1 is 1.47 bits per heavy atom. The topological polar surface area (TPSA) is 55.2 Å². The Morgan fingerprint density at radius 2 is 2.26 bits per heavy atom. The number of hydrogen-bond acceptors (Lipinski definition) is 4. The van der Waals surface area contributed by atoms with E-state index in [1.54, 1.807) is 13.0 Å². The van der Waals surface area contributed by atoms with E-state index in [9.17, 15) is 10.1 Å². The van der Waals surface area contributed by atoms with Gasteiger partial charge in [0.1, 0.15) is 0 Å². The Morgan fingerprint density at radius 3 is 2.89 bits per heavy atom. The van der Waals surface area contributed by atoms with E-state index in [4.69, 9.17) is 0 Å². The van der Waals surface area contributed by atoms with Crippen molar-refractivity contribution in [2.75, 3.05) is 6.26 Å². The highest BCUT2D eigenvalue weighted by Crippen LogP contribution is 2.28. The quantitative estimate of drug-likeness (QED) is 0.664. The molecule has 0 spiro atoms. The second-order valence-electron chi connectivity index (χ2n) is 5.13. The maximum Gasteiger partial charge on any atom is 0.272 e. The van der Waals surface area contributed by atoms with Crippen LogP contribution in [0.3, 0.4) is 0 Å². The minimum absolute atomic E-state index is 0.215. The van der Waals surface area contributed by atoms with Crippen molar-refractivity contribution in [1.29, 1.82) is 0 Å². The van der Waals surface area contributed by atoms with Gasteiger partial charge in [-0.1, -0.05) is 12.1 Å². The van der Waals surface area contributed by atoms with Crippen molar-refractivity contribution in [1.82, 2.24) is 5.32 Å². The lowest BCUT2D eigenvalue weighted by Gasteiger charge is -2.12. The first-order valence-electron chi connectivity index (χ1n) is 6.60. The van der Waals surface area contributed by atoms with Crippen LogP contribution in [0.15, 0.2) is 18.2 Å². The summed E-state index contributed by atoms with van der Waals surface area (Å²) in [4.78, 5) is 10.6. The fourth-order valence-corrected chi connectivity index (χ4v) is 3.36. The van der Waals surface area contributed by atoms with Gasteiger partial charge in [0, 0.05) is 29.5 Å². The smallest absolute Gasteiger partial charge is 0.272 e. The van der Waals surface area contributed by atoms with E-state index in [1.807, 2.05) is 23.9 Å². The zero-order valence-electron chi connectivity index (χ0n) is 11.4. The molecule has 1 aromatic rings. The molecule has 1 aliphatic rings. The van der Waals surface area contributed by atoms with Crippen molar-refractivity contribution in [3.05, 3.63) is 39.4 Å². The summed E-state index contributed by atoms with van der Waals surface area (Å²) >= 11 is 1.94. The summed E-state index contributed by atoms with van der Waals surface area (Å²) in [5.41, 5.74) is 1.93. The van der Waals surface area contributed by atoms with E-state index >= 15 is 0 Å². The third-order valence-electron chi connectivity index (χ3n) is 3.78. The van der Waals surface area contributed by atoms with Gasteiger partial charge in [0.15, 0.2) is 0 Å². The van der Waals surface area contributed by atoms with Gasteiger partial charge in [-0.15, -0.1) is 0 Å². The Balaban J connectivity index is 1.93. The van der Waals surface area contributed by atoms with Crippen molar-refractivity contribution >= 4 is 17.4 Å². The monoisotopic (exact) mass is 280 g/mol. The van der Waals surface area contributed by atoms with Crippen LogP contribution in [0.4, 0.5) is 5.69 Å². The summed E-state index contributed by atoms with van der Waals surface area (Å²) in [5.74, 6) is 0. The van der Waals surface area contributed by atoms with Crippen LogP contribution < -0.4 is 5.32 Å². The summed E-state index contributed by atoms with van der Waals surface area (Å²) in [5, 5.41) is 15.2. The molecule has 0 amide bonds. The zero-order chi connectivity index (χ0) is 13.8. The largest absolute Gasteiger partial charge is 0.310 e. The van der Waals surface area contributed by atoms with E-state index < -0.39 is 0 Å². The molecule has 0 bridgehead atoms. The highest BCUT2D eigenvalue weighted by molar-refractivity contribution is 7.99. The molecule has 2 atom stereocenters. The Labute approximate surface area is 118 Å². The van der Waals surface area contributed by atoms with Gasteiger partial charge in [0.25, 0.3) is 5.69 Å². The highest BCUT2D eigenvalue weighted by Gasteiger charge is 2.23. The standard InChI is InChI=1S/C14H20N2O2S/c1-10-3-4-11(7-14(10)16(17)18)9-15-12-5-6-13(8-12)19-2/h3-4,7,12-13,15H,5-6,8-9H2,1-2H3. The predicted octanol–water partition coefficient (Wildman–Crippen LogP) is 3.28. The molecule has 0 radical (unpaired) electrons. The van der Waals surface area contributed by atoms with E-state index in [0.29, 0.717) is 12.6 Å². The average Bonchev–Trinajstić information content (AvgIpc) is 2.85. The molecule has 1 fully saturated rings. The SMILES string of the molecule is CSC1CCC(NCc2ccc(C)c([N+](=O)[O-])c2)C1. The summed E-state index contributed by atoms with van der Waals surface area (Å²) in [6.45, 7) is 2.49. The molecule has 2 rings (SSSR count). The number of nitro groups is 1. The molecule has 1 aliphatic carbocycles. The number of thioether (sulfide) groups is 1. The number of hydrogen-bond donors (Lipinski definition) is 1. The molecule has 0 heterocycles. The lowest BCUT2D eigenvalue weighted by Crippen LogP contribution is -2.26. The molecule has 2 unspecified atom stereocenters. The van der Waals surface area contributed by atoms with E-state index in [1.165, 1.54) is 19.3 Å². The van der Waals surface area contributed by atoms with Crippen molar-refractivity contribution in [3.63, 3.8) is 0 Å². The lowest BCUT2D eigenvalue weighted by molar-refractivity contribution is -0.385. The molecule has 5 heteroatoms.